The SMILES string of the molecule is CCCC(CC)NC(=O)c1n[nH]c(C(C)C)c1S(N)(=O)=O. The zero-order chi connectivity index (χ0) is 16.2. The molecule has 4 N–H and O–H groups in total. The van der Waals surface area contributed by atoms with Gasteiger partial charge in [0.15, 0.2) is 5.69 Å². The summed E-state index contributed by atoms with van der Waals surface area (Å²) in [6.07, 6.45) is 2.53. The van der Waals surface area contributed by atoms with Crippen LogP contribution in [0.4, 0.5) is 0 Å². The Hall–Kier alpha value is -1.41. The molecule has 8 heteroatoms. The zero-order valence-corrected chi connectivity index (χ0v) is 13.8. The van der Waals surface area contributed by atoms with E-state index < -0.39 is 15.9 Å². The summed E-state index contributed by atoms with van der Waals surface area (Å²) < 4.78 is 23.5. The van der Waals surface area contributed by atoms with Gasteiger partial charge in [-0.25, -0.2) is 13.6 Å². The maximum atomic E-state index is 12.3. The second-order valence-electron chi connectivity index (χ2n) is 5.38. The standard InChI is InChI=1S/C13H24N4O3S/c1-5-7-9(6-2)15-13(18)11-12(21(14,19)20)10(8(3)4)16-17-11/h8-9H,5-7H2,1-4H3,(H,15,18)(H,16,17)(H2,14,19,20). The number of nitrogens with two attached hydrogens (primary N) is 1. The fourth-order valence-electron chi connectivity index (χ4n) is 2.16. The second-order valence-corrected chi connectivity index (χ2v) is 6.88. The lowest BCUT2D eigenvalue weighted by Crippen LogP contribution is -2.35. The molecule has 0 aromatic carbocycles. The second kappa shape index (κ2) is 7.04. The van der Waals surface area contributed by atoms with Gasteiger partial charge in [-0.3, -0.25) is 9.89 Å². The third-order valence-corrected chi connectivity index (χ3v) is 4.27. The van der Waals surface area contributed by atoms with Crippen LogP contribution in [-0.4, -0.2) is 30.6 Å². The van der Waals surface area contributed by atoms with Crippen LogP contribution in [0.1, 0.15) is 69.1 Å². The molecule has 1 unspecified atom stereocenters. The maximum Gasteiger partial charge on any atom is 0.273 e. The van der Waals surface area contributed by atoms with Gasteiger partial charge in [-0.1, -0.05) is 34.1 Å². The number of amides is 1. The van der Waals surface area contributed by atoms with Crippen molar-refractivity contribution in [3.8, 4) is 0 Å². The van der Waals surface area contributed by atoms with Gasteiger partial charge >= 0.3 is 0 Å². The summed E-state index contributed by atoms with van der Waals surface area (Å²) in [6.45, 7) is 7.59. The fraction of sp³-hybridized carbons (Fsp3) is 0.692. The quantitative estimate of drug-likeness (QED) is 0.706. The molecule has 1 amide bonds. The molecule has 0 aliphatic carbocycles. The molecule has 21 heavy (non-hydrogen) atoms. The maximum absolute atomic E-state index is 12.3. The first-order valence-corrected chi connectivity index (χ1v) is 8.68. The molecular weight excluding hydrogens is 292 g/mol. The summed E-state index contributed by atoms with van der Waals surface area (Å²) in [5, 5.41) is 14.5. The van der Waals surface area contributed by atoms with Crippen LogP contribution in [-0.2, 0) is 10.0 Å². The third-order valence-electron chi connectivity index (χ3n) is 3.29. The Morgan fingerprint density at radius 3 is 2.43 bits per heavy atom. The number of hydrogen-bond donors (Lipinski definition) is 3. The lowest BCUT2D eigenvalue weighted by atomic mass is 10.1. The summed E-state index contributed by atoms with van der Waals surface area (Å²) in [5.41, 5.74) is 0.196. The van der Waals surface area contributed by atoms with Crippen molar-refractivity contribution in [2.45, 2.75) is 63.8 Å². The number of sulfonamides is 1. The molecule has 1 aromatic heterocycles. The number of carbonyl (C=O) groups is 1. The molecule has 1 rings (SSSR count). The predicted octanol–water partition coefficient (Wildman–Crippen LogP) is 1.49. The van der Waals surface area contributed by atoms with E-state index in [4.69, 9.17) is 5.14 Å². The fourth-order valence-corrected chi connectivity index (χ4v) is 3.15. The average molecular weight is 316 g/mol. The van der Waals surface area contributed by atoms with E-state index >= 15 is 0 Å². The number of aromatic nitrogens is 2. The minimum absolute atomic E-state index is 0.00460. The molecule has 0 bridgehead atoms. The van der Waals surface area contributed by atoms with Gasteiger partial charge in [0.25, 0.3) is 5.91 Å². The summed E-state index contributed by atoms with van der Waals surface area (Å²) in [4.78, 5) is 12.1. The van der Waals surface area contributed by atoms with E-state index in [1.54, 1.807) is 13.8 Å². The third kappa shape index (κ3) is 4.28. The van der Waals surface area contributed by atoms with E-state index in [1.165, 1.54) is 0 Å². The van der Waals surface area contributed by atoms with Crippen molar-refractivity contribution in [2.75, 3.05) is 0 Å². The lowest BCUT2D eigenvalue weighted by Gasteiger charge is -2.15. The lowest BCUT2D eigenvalue weighted by molar-refractivity contribution is 0.0925. The molecule has 1 heterocycles. The number of nitrogens with one attached hydrogen (secondary N) is 2. The summed E-state index contributed by atoms with van der Waals surface area (Å²) >= 11 is 0. The highest BCUT2D eigenvalue weighted by Gasteiger charge is 2.29. The number of carbonyl (C=O) groups excluding carboxylic acids is 1. The van der Waals surface area contributed by atoms with Gasteiger partial charge in [-0.15, -0.1) is 0 Å². The van der Waals surface area contributed by atoms with E-state index in [0.29, 0.717) is 5.69 Å². The normalized spacial score (nSPS) is 13.4. The van der Waals surface area contributed by atoms with Crippen molar-refractivity contribution < 1.29 is 13.2 Å². The molecular formula is C13H24N4O3S. The van der Waals surface area contributed by atoms with Crippen molar-refractivity contribution in [3.05, 3.63) is 11.4 Å². The number of rotatable bonds is 7. The molecule has 0 spiro atoms. The smallest absolute Gasteiger partial charge is 0.273 e. The largest absolute Gasteiger partial charge is 0.348 e. The number of H-pyrrole nitrogens is 1. The van der Waals surface area contributed by atoms with Gasteiger partial charge < -0.3 is 5.32 Å². The van der Waals surface area contributed by atoms with Gasteiger partial charge in [-0.2, -0.15) is 5.10 Å². The predicted molar refractivity (Wildman–Crippen MR) is 80.5 cm³/mol. The molecule has 7 nitrogen and oxygen atoms in total. The van der Waals surface area contributed by atoms with E-state index in [2.05, 4.69) is 15.5 Å². The van der Waals surface area contributed by atoms with Gasteiger partial charge in [0.2, 0.25) is 10.0 Å². The first-order chi connectivity index (χ1) is 9.72. The van der Waals surface area contributed by atoms with E-state index in [9.17, 15) is 13.2 Å². The first kappa shape index (κ1) is 17.6. The number of primary sulfonamides is 1. The van der Waals surface area contributed by atoms with E-state index in [1.807, 2.05) is 13.8 Å². The highest BCUT2D eigenvalue weighted by Crippen LogP contribution is 2.23. The molecule has 0 aliphatic heterocycles. The average Bonchev–Trinajstić information content (AvgIpc) is 2.82. The minimum Gasteiger partial charge on any atom is -0.348 e. The molecule has 1 atom stereocenters. The Morgan fingerprint density at radius 2 is 2.00 bits per heavy atom. The molecule has 0 saturated heterocycles. The number of hydrogen-bond acceptors (Lipinski definition) is 4. The molecule has 0 aliphatic rings. The Bertz CT molecular complexity index is 593. The van der Waals surface area contributed by atoms with Crippen molar-refractivity contribution >= 4 is 15.9 Å². The highest BCUT2D eigenvalue weighted by molar-refractivity contribution is 7.89. The topological polar surface area (TPSA) is 118 Å². The Labute approximate surface area is 125 Å². The van der Waals surface area contributed by atoms with Gasteiger partial charge in [0.05, 0.1) is 5.69 Å². The van der Waals surface area contributed by atoms with Crippen LogP contribution in [0.25, 0.3) is 0 Å². The summed E-state index contributed by atoms with van der Waals surface area (Å²) in [7, 11) is -4.02. The van der Waals surface area contributed by atoms with Crippen molar-refractivity contribution in [2.24, 2.45) is 5.14 Å². The first-order valence-electron chi connectivity index (χ1n) is 7.14. The molecule has 1 aromatic rings. The van der Waals surface area contributed by atoms with Crippen LogP contribution in [0, 0.1) is 0 Å². The van der Waals surface area contributed by atoms with Crippen LogP contribution in [0.5, 0.6) is 0 Å². The van der Waals surface area contributed by atoms with E-state index in [0.717, 1.165) is 19.3 Å². The van der Waals surface area contributed by atoms with Crippen LogP contribution < -0.4 is 10.5 Å². The minimum atomic E-state index is -4.02. The van der Waals surface area contributed by atoms with E-state index in [-0.39, 0.29) is 22.5 Å². The Kier molecular flexibility index (Phi) is 5.91. The summed E-state index contributed by atoms with van der Waals surface area (Å²) in [5.74, 6) is -0.646. The molecule has 0 saturated carbocycles. The van der Waals surface area contributed by atoms with Crippen LogP contribution >= 0.6 is 0 Å². The van der Waals surface area contributed by atoms with Crippen molar-refractivity contribution in [1.82, 2.24) is 15.5 Å². The Morgan fingerprint density at radius 1 is 1.38 bits per heavy atom. The van der Waals surface area contributed by atoms with Crippen LogP contribution in [0.3, 0.4) is 0 Å². The van der Waals surface area contributed by atoms with Gasteiger partial charge in [-0.05, 0) is 18.8 Å². The number of nitrogens with zero attached hydrogens (tertiary/aromatic N) is 1. The monoisotopic (exact) mass is 316 g/mol. The van der Waals surface area contributed by atoms with Crippen LogP contribution in [0.2, 0.25) is 0 Å². The van der Waals surface area contributed by atoms with Crippen molar-refractivity contribution in [3.63, 3.8) is 0 Å². The number of aromatic amines is 1. The Balaban J connectivity index is 3.16. The van der Waals surface area contributed by atoms with Crippen LogP contribution in [0.15, 0.2) is 4.90 Å². The molecule has 120 valence electrons. The van der Waals surface area contributed by atoms with Crippen molar-refractivity contribution in [1.29, 1.82) is 0 Å². The molecule has 0 radical (unpaired) electrons. The zero-order valence-electron chi connectivity index (χ0n) is 12.9. The molecule has 0 fully saturated rings. The summed E-state index contributed by atoms with van der Waals surface area (Å²) in [6, 6.07) is -0.00460. The highest BCUT2D eigenvalue weighted by atomic mass is 32.2. The van der Waals surface area contributed by atoms with Gasteiger partial charge in [0, 0.05) is 6.04 Å². The van der Waals surface area contributed by atoms with Gasteiger partial charge in [0.1, 0.15) is 4.90 Å².